The lowest BCUT2D eigenvalue weighted by molar-refractivity contribution is -0.120. The van der Waals surface area contributed by atoms with E-state index < -0.39 is 0 Å². The van der Waals surface area contributed by atoms with Crippen LogP contribution in [0.1, 0.15) is 11.1 Å². The van der Waals surface area contributed by atoms with Gasteiger partial charge >= 0.3 is 0 Å². The van der Waals surface area contributed by atoms with Crippen molar-refractivity contribution in [3.63, 3.8) is 0 Å². The Labute approximate surface area is 157 Å². The Morgan fingerprint density at radius 2 is 1.33 bits per heavy atom. The van der Waals surface area contributed by atoms with Crippen molar-refractivity contribution >= 4 is 5.91 Å². The number of benzene rings is 3. The summed E-state index contributed by atoms with van der Waals surface area (Å²) in [4.78, 5) is 12.1. The van der Waals surface area contributed by atoms with Crippen LogP contribution in [0.25, 0.3) is 0 Å². The number of methoxy groups -OCH3 is 1. The van der Waals surface area contributed by atoms with Gasteiger partial charge in [0.1, 0.15) is 23.1 Å². The van der Waals surface area contributed by atoms with Crippen LogP contribution < -0.4 is 14.8 Å². The number of hydrogen-bond donors (Lipinski definition) is 1. The van der Waals surface area contributed by atoms with E-state index in [1.54, 1.807) is 19.2 Å². The van der Waals surface area contributed by atoms with Crippen LogP contribution in [-0.2, 0) is 17.8 Å². The van der Waals surface area contributed by atoms with Crippen LogP contribution in [0.5, 0.6) is 17.2 Å². The van der Waals surface area contributed by atoms with Crippen molar-refractivity contribution in [2.75, 3.05) is 7.11 Å². The Kier molecular flexibility index (Phi) is 6.05. The smallest absolute Gasteiger partial charge is 0.224 e. The molecular formula is C22H20FNO3. The average Bonchev–Trinajstić information content (AvgIpc) is 2.70. The van der Waals surface area contributed by atoms with Crippen molar-refractivity contribution in [1.82, 2.24) is 5.32 Å². The molecular weight excluding hydrogens is 345 g/mol. The molecule has 0 aliphatic rings. The Morgan fingerprint density at radius 1 is 0.815 bits per heavy atom. The molecule has 3 aromatic rings. The SMILES string of the molecule is COc1ccc(CC(=O)NCc2ccc(Oc3ccc(F)cc3)cc2)cc1. The van der Waals surface area contributed by atoms with Gasteiger partial charge in [-0.3, -0.25) is 4.79 Å². The quantitative estimate of drug-likeness (QED) is 0.671. The molecule has 0 bridgehead atoms. The van der Waals surface area contributed by atoms with E-state index in [1.807, 2.05) is 48.5 Å². The molecule has 0 spiro atoms. The van der Waals surface area contributed by atoms with E-state index in [2.05, 4.69) is 5.32 Å². The summed E-state index contributed by atoms with van der Waals surface area (Å²) in [7, 11) is 1.61. The Hall–Kier alpha value is -3.34. The topological polar surface area (TPSA) is 47.6 Å². The largest absolute Gasteiger partial charge is 0.497 e. The van der Waals surface area contributed by atoms with E-state index in [9.17, 15) is 9.18 Å². The normalized spacial score (nSPS) is 10.3. The summed E-state index contributed by atoms with van der Waals surface area (Å²) in [5.41, 5.74) is 1.89. The minimum atomic E-state index is -0.303. The number of halogens is 1. The van der Waals surface area contributed by atoms with Crippen molar-refractivity contribution in [2.24, 2.45) is 0 Å². The van der Waals surface area contributed by atoms with Crippen molar-refractivity contribution in [3.05, 3.63) is 89.7 Å². The molecule has 0 fully saturated rings. The molecule has 0 saturated carbocycles. The van der Waals surface area contributed by atoms with E-state index in [-0.39, 0.29) is 11.7 Å². The van der Waals surface area contributed by atoms with Crippen molar-refractivity contribution in [1.29, 1.82) is 0 Å². The lowest BCUT2D eigenvalue weighted by Crippen LogP contribution is -2.24. The van der Waals surface area contributed by atoms with E-state index >= 15 is 0 Å². The summed E-state index contributed by atoms with van der Waals surface area (Å²) in [5.74, 6) is 1.63. The summed E-state index contributed by atoms with van der Waals surface area (Å²) >= 11 is 0. The van der Waals surface area contributed by atoms with E-state index in [4.69, 9.17) is 9.47 Å². The Morgan fingerprint density at radius 3 is 1.93 bits per heavy atom. The lowest BCUT2D eigenvalue weighted by atomic mass is 10.1. The molecule has 0 saturated heterocycles. The predicted octanol–water partition coefficient (Wildman–Crippen LogP) is 4.49. The number of rotatable bonds is 7. The number of nitrogens with one attached hydrogen (secondary N) is 1. The maximum Gasteiger partial charge on any atom is 0.224 e. The number of carbonyl (C=O) groups is 1. The molecule has 0 atom stereocenters. The van der Waals surface area contributed by atoms with Crippen molar-refractivity contribution in [3.8, 4) is 17.2 Å². The van der Waals surface area contributed by atoms with Crippen LogP contribution in [0.2, 0.25) is 0 Å². The second-order valence-electron chi connectivity index (χ2n) is 6.00. The van der Waals surface area contributed by atoms with Gasteiger partial charge < -0.3 is 14.8 Å². The summed E-state index contributed by atoms with van der Waals surface area (Å²) in [6.07, 6.45) is 0.315. The van der Waals surface area contributed by atoms with Gasteiger partial charge in [0.25, 0.3) is 0 Å². The molecule has 1 N–H and O–H groups in total. The third-order valence-electron chi connectivity index (χ3n) is 3.99. The van der Waals surface area contributed by atoms with E-state index in [0.29, 0.717) is 24.5 Å². The molecule has 3 aromatic carbocycles. The Bertz CT molecular complexity index is 875. The van der Waals surface area contributed by atoms with Crippen LogP contribution in [-0.4, -0.2) is 13.0 Å². The first-order valence-corrected chi connectivity index (χ1v) is 8.54. The highest BCUT2D eigenvalue weighted by molar-refractivity contribution is 5.78. The lowest BCUT2D eigenvalue weighted by Gasteiger charge is -2.08. The molecule has 1 amide bonds. The van der Waals surface area contributed by atoms with Gasteiger partial charge in [-0.05, 0) is 59.7 Å². The van der Waals surface area contributed by atoms with Crippen LogP contribution in [0.15, 0.2) is 72.8 Å². The average molecular weight is 365 g/mol. The summed E-state index contributed by atoms with van der Waals surface area (Å²) in [6, 6.07) is 20.7. The third kappa shape index (κ3) is 5.57. The zero-order valence-electron chi connectivity index (χ0n) is 14.9. The minimum absolute atomic E-state index is 0.0493. The molecule has 138 valence electrons. The van der Waals surface area contributed by atoms with Gasteiger partial charge in [-0.2, -0.15) is 0 Å². The minimum Gasteiger partial charge on any atom is -0.497 e. The van der Waals surface area contributed by atoms with Gasteiger partial charge in [0, 0.05) is 6.54 Å². The van der Waals surface area contributed by atoms with Gasteiger partial charge in [0.2, 0.25) is 5.91 Å². The van der Waals surface area contributed by atoms with Crippen LogP contribution >= 0.6 is 0 Å². The van der Waals surface area contributed by atoms with Gasteiger partial charge in [-0.1, -0.05) is 24.3 Å². The first-order chi connectivity index (χ1) is 13.1. The van der Waals surface area contributed by atoms with Crippen LogP contribution in [0.3, 0.4) is 0 Å². The fourth-order valence-electron chi connectivity index (χ4n) is 2.51. The number of amides is 1. The molecule has 3 rings (SSSR count). The van der Waals surface area contributed by atoms with E-state index in [0.717, 1.165) is 16.9 Å². The number of hydrogen-bond acceptors (Lipinski definition) is 3. The third-order valence-corrected chi connectivity index (χ3v) is 3.99. The predicted molar refractivity (Wildman–Crippen MR) is 101 cm³/mol. The number of carbonyl (C=O) groups excluding carboxylic acids is 1. The summed E-state index contributed by atoms with van der Waals surface area (Å²) < 4.78 is 23.7. The summed E-state index contributed by atoms with van der Waals surface area (Å²) in [6.45, 7) is 0.436. The monoisotopic (exact) mass is 365 g/mol. The standard InChI is InChI=1S/C22H20FNO3/c1-26-19-8-2-16(3-9-19)14-22(25)24-15-17-4-10-20(11-5-17)27-21-12-6-18(23)7-13-21/h2-13H,14-15H2,1H3,(H,24,25). The molecule has 0 aromatic heterocycles. The molecule has 0 heterocycles. The molecule has 4 nitrogen and oxygen atoms in total. The van der Waals surface area contributed by atoms with Gasteiger partial charge in [-0.15, -0.1) is 0 Å². The van der Waals surface area contributed by atoms with E-state index in [1.165, 1.54) is 12.1 Å². The fourth-order valence-corrected chi connectivity index (χ4v) is 2.51. The zero-order chi connectivity index (χ0) is 19.1. The first-order valence-electron chi connectivity index (χ1n) is 8.54. The highest BCUT2D eigenvalue weighted by Crippen LogP contribution is 2.21. The molecule has 0 aliphatic heterocycles. The van der Waals surface area contributed by atoms with Gasteiger partial charge in [0.15, 0.2) is 0 Å². The molecule has 0 radical (unpaired) electrons. The maximum absolute atomic E-state index is 12.9. The van der Waals surface area contributed by atoms with Gasteiger partial charge in [-0.25, -0.2) is 4.39 Å². The van der Waals surface area contributed by atoms with Crippen molar-refractivity contribution < 1.29 is 18.7 Å². The van der Waals surface area contributed by atoms with Crippen LogP contribution in [0, 0.1) is 5.82 Å². The second-order valence-corrected chi connectivity index (χ2v) is 6.00. The molecule has 5 heteroatoms. The molecule has 0 aliphatic carbocycles. The maximum atomic E-state index is 12.9. The zero-order valence-corrected chi connectivity index (χ0v) is 14.9. The summed E-state index contributed by atoms with van der Waals surface area (Å²) in [5, 5.41) is 2.90. The van der Waals surface area contributed by atoms with Crippen LogP contribution in [0.4, 0.5) is 4.39 Å². The highest BCUT2D eigenvalue weighted by Gasteiger charge is 2.04. The molecule has 0 unspecified atom stereocenters. The van der Waals surface area contributed by atoms with Crippen molar-refractivity contribution in [2.45, 2.75) is 13.0 Å². The highest BCUT2D eigenvalue weighted by atomic mass is 19.1. The number of ether oxygens (including phenoxy) is 2. The second kappa shape index (κ2) is 8.85. The molecule has 27 heavy (non-hydrogen) atoms. The Balaban J connectivity index is 1.48. The fraction of sp³-hybridized carbons (Fsp3) is 0.136. The first kappa shape index (κ1) is 18.5. The van der Waals surface area contributed by atoms with Gasteiger partial charge in [0.05, 0.1) is 13.5 Å².